The molecule has 2 fully saturated rings. The van der Waals surface area contributed by atoms with Crippen LogP contribution >= 0.6 is 9.24 Å². The number of hydrogen-bond donors (Lipinski definition) is 0. The molecule has 3 heteroatoms. The first-order valence-electron chi connectivity index (χ1n) is 8.79. The van der Waals surface area contributed by atoms with E-state index in [-0.39, 0.29) is 5.30 Å². The van der Waals surface area contributed by atoms with Gasteiger partial charge in [-0.1, -0.05) is 29.0 Å². The van der Waals surface area contributed by atoms with Crippen LogP contribution in [0.5, 0.6) is 0 Å². The lowest BCUT2D eigenvalue weighted by molar-refractivity contribution is 0.165. The first-order valence-corrected chi connectivity index (χ1v) is 9.36. The average Bonchev–Trinajstić information content (AvgIpc) is 2.53. The van der Waals surface area contributed by atoms with E-state index in [9.17, 15) is 8.78 Å². The van der Waals surface area contributed by atoms with Crippen LogP contribution < -0.4 is 5.30 Å². The molecule has 122 valence electrons. The molecule has 2 aliphatic rings. The number of benzene rings is 1. The molecule has 1 aromatic rings. The second-order valence-corrected chi connectivity index (χ2v) is 8.11. The number of hydrogen-bond acceptors (Lipinski definition) is 0. The van der Waals surface area contributed by atoms with Gasteiger partial charge in [-0.15, -0.1) is 0 Å². The highest BCUT2D eigenvalue weighted by molar-refractivity contribution is 7.27. The fourth-order valence-electron chi connectivity index (χ4n) is 4.52. The van der Waals surface area contributed by atoms with Gasteiger partial charge in [-0.05, 0) is 79.9 Å². The van der Waals surface area contributed by atoms with Gasteiger partial charge in [0, 0.05) is 5.30 Å². The van der Waals surface area contributed by atoms with E-state index in [0.29, 0.717) is 5.92 Å². The molecule has 0 aromatic heterocycles. The minimum Gasteiger partial charge on any atom is -0.206 e. The Labute approximate surface area is 135 Å². The third kappa shape index (κ3) is 3.53. The fourth-order valence-corrected chi connectivity index (χ4v) is 4.69. The summed E-state index contributed by atoms with van der Waals surface area (Å²) < 4.78 is 27.5. The van der Waals surface area contributed by atoms with Crippen LogP contribution in [0, 0.1) is 29.4 Å². The van der Waals surface area contributed by atoms with Crippen LogP contribution in [0.25, 0.3) is 0 Å². The van der Waals surface area contributed by atoms with Crippen molar-refractivity contribution in [2.24, 2.45) is 17.8 Å². The zero-order valence-corrected chi connectivity index (χ0v) is 14.6. The fraction of sp³-hybridized carbons (Fsp3) is 0.684. The summed E-state index contributed by atoms with van der Waals surface area (Å²) in [5, 5.41) is 0.0637. The van der Waals surface area contributed by atoms with E-state index in [0.717, 1.165) is 36.2 Å². The van der Waals surface area contributed by atoms with Crippen LogP contribution in [0.2, 0.25) is 0 Å². The molecule has 2 aliphatic carbocycles. The Bertz CT molecular complexity index is 489. The predicted molar refractivity (Wildman–Crippen MR) is 91.5 cm³/mol. The van der Waals surface area contributed by atoms with Crippen LogP contribution in [0.4, 0.5) is 8.78 Å². The van der Waals surface area contributed by atoms with E-state index in [2.05, 4.69) is 16.2 Å². The zero-order valence-electron chi connectivity index (χ0n) is 13.5. The van der Waals surface area contributed by atoms with Crippen molar-refractivity contribution in [1.82, 2.24) is 0 Å². The smallest absolute Gasteiger partial charge is 0.133 e. The van der Waals surface area contributed by atoms with Crippen molar-refractivity contribution >= 4 is 14.5 Å². The number of halogens is 2. The molecule has 22 heavy (non-hydrogen) atoms. The van der Waals surface area contributed by atoms with E-state index in [1.165, 1.54) is 38.5 Å². The lowest BCUT2D eigenvalue weighted by Crippen LogP contribution is -2.25. The molecule has 0 bridgehead atoms. The lowest BCUT2D eigenvalue weighted by Gasteiger charge is -2.37. The molecule has 0 radical (unpaired) electrons. The largest absolute Gasteiger partial charge is 0.206 e. The molecule has 1 aromatic carbocycles. The molecule has 0 amide bonds. The second-order valence-electron chi connectivity index (χ2n) is 7.53. The minimum atomic E-state index is -0.427. The molecule has 1 unspecified atom stereocenters. The highest BCUT2D eigenvalue weighted by Gasteiger charge is 2.30. The molecule has 1 atom stereocenters. The second kappa shape index (κ2) is 6.95. The first-order chi connectivity index (χ1) is 10.5. The van der Waals surface area contributed by atoms with Crippen LogP contribution in [0.1, 0.15) is 69.8 Å². The Morgan fingerprint density at radius 1 is 0.818 bits per heavy atom. The molecule has 0 aliphatic heterocycles. The Kier molecular flexibility index (Phi) is 5.17. The predicted octanol–water partition coefficient (Wildman–Crippen LogP) is 5.57. The molecule has 0 N–H and O–H groups in total. The Balaban J connectivity index is 1.60. The topological polar surface area (TPSA) is 0 Å². The summed E-state index contributed by atoms with van der Waals surface area (Å²) in [6, 6.07) is 3.08. The summed E-state index contributed by atoms with van der Waals surface area (Å²) in [7, 11) is 2.15. The summed E-state index contributed by atoms with van der Waals surface area (Å²) in [6.07, 6.45) is 10.2. The van der Waals surface area contributed by atoms with E-state index >= 15 is 0 Å². The molecule has 3 rings (SSSR count). The average molecular weight is 324 g/mol. The van der Waals surface area contributed by atoms with Crippen molar-refractivity contribution in [3.63, 3.8) is 0 Å². The Morgan fingerprint density at radius 2 is 1.27 bits per heavy atom. The van der Waals surface area contributed by atoms with Crippen LogP contribution in [0.15, 0.2) is 12.1 Å². The maximum absolute atomic E-state index is 13.7. The highest BCUT2D eigenvalue weighted by atomic mass is 31.0. The van der Waals surface area contributed by atoms with Gasteiger partial charge in [0.2, 0.25) is 0 Å². The van der Waals surface area contributed by atoms with Gasteiger partial charge in [0.25, 0.3) is 0 Å². The van der Waals surface area contributed by atoms with Crippen LogP contribution in [0.3, 0.4) is 0 Å². The molecular weight excluding hydrogens is 297 g/mol. The Hall–Kier alpha value is -0.490. The molecule has 0 heterocycles. The van der Waals surface area contributed by atoms with Crippen molar-refractivity contribution in [3.05, 3.63) is 29.3 Å². The summed E-state index contributed by atoms with van der Waals surface area (Å²) in [4.78, 5) is 0. The monoisotopic (exact) mass is 324 g/mol. The summed E-state index contributed by atoms with van der Waals surface area (Å²) >= 11 is 0. The highest BCUT2D eigenvalue weighted by Crippen LogP contribution is 2.43. The molecule has 0 saturated heterocycles. The van der Waals surface area contributed by atoms with Gasteiger partial charge in [-0.3, -0.25) is 0 Å². The van der Waals surface area contributed by atoms with Crippen molar-refractivity contribution in [2.45, 2.75) is 64.2 Å². The molecule has 0 spiro atoms. The normalized spacial score (nSPS) is 32.9. The van der Waals surface area contributed by atoms with Crippen molar-refractivity contribution < 1.29 is 8.78 Å². The van der Waals surface area contributed by atoms with Crippen LogP contribution in [-0.2, 0) is 0 Å². The van der Waals surface area contributed by atoms with Gasteiger partial charge < -0.3 is 0 Å². The van der Waals surface area contributed by atoms with Crippen molar-refractivity contribution in [3.8, 4) is 0 Å². The maximum Gasteiger partial charge on any atom is 0.133 e. The molecule has 2 saturated carbocycles. The summed E-state index contributed by atoms with van der Waals surface area (Å²) in [5.74, 6) is 2.14. The van der Waals surface area contributed by atoms with E-state index in [1.807, 2.05) is 0 Å². The SMILES string of the molecule is CC1CCC(C2CCC(c3cc(F)c(P)c(F)c3)CC2)CC1. The molecule has 0 nitrogen and oxygen atoms in total. The van der Waals surface area contributed by atoms with Crippen LogP contribution in [-0.4, -0.2) is 0 Å². The van der Waals surface area contributed by atoms with E-state index < -0.39 is 11.6 Å². The summed E-state index contributed by atoms with van der Waals surface area (Å²) in [5.41, 5.74) is 0.858. The van der Waals surface area contributed by atoms with Gasteiger partial charge in [0.05, 0.1) is 0 Å². The van der Waals surface area contributed by atoms with E-state index in [4.69, 9.17) is 0 Å². The first kappa shape index (κ1) is 16.4. The van der Waals surface area contributed by atoms with Crippen molar-refractivity contribution in [2.75, 3.05) is 0 Å². The Morgan fingerprint density at radius 3 is 1.77 bits per heavy atom. The van der Waals surface area contributed by atoms with Gasteiger partial charge in [0.15, 0.2) is 0 Å². The van der Waals surface area contributed by atoms with Gasteiger partial charge in [-0.2, -0.15) is 0 Å². The third-order valence-electron chi connectivity index (χ3n) is 6.07. The zero-order chi connectivity index (χ0) is 15.7. The van der Waals surface area contributed by atoms with E-state index in [1.54, 1.807) is 12.1 Å². The third-order valence-corrected chi connectivity index (χ3v) is 6.62. The standard InChI is InChI=1S/C19H27F2P/c1-12-2-4-13(5-3-12)14-6-8-15(9-7-14)16-10-17(20)19(22)18(21)11-16/h10-15H,2-9,22H2,1H3. The molecular formula is C19H27F2P. The summed E-state index contributed by atoms with van der Waals surface area (Å²) in [6.45, 7) is 2.37. The van der Waals surface area contributed by atoms with Gasteiger partial charge in [-0.25, -0.2) is 8.78 Å². The van der Waals surface area contributed by atoms with Crippen molar-refractivity contribution in [1.29, 1.82) is 0 Å². The number of rotatable bonds is 2. The van der Waals surface area contributed by atoms with Gasteiger partial charge >= 0.3 is 0 Å². The maximum atomic E-state index is 13.7. The lowest BCUT2D eigenvalue weighted by atomic mass is 9.68. The quantitative estimate of drug-likeness (QED) is 0.624. The minimum absolute atomic E-state index is 0.0637. The van der Waals surface area contributed by atoms with Gasteiger partial charge in [0.1, 0.15) is 11.6 Å².